The second-order valence-corrected chi connectivity index (χ2v) is 6.91. The molecule has 0 unspecified atom stereocenters. The van der Waals surface area contributed by atoms with Crippen LogP contribution >= 0.6 is 0 Å². The molecule has 0 spiro atoms. The number of benzene rings is 1. The van der Waals surface area contributed by atoms with Gasteiger partial charge in [0.15, 0.2) is 5.78 Å². The zero-order valence-electron chi connectivity index (χ0n) is 13.0. The molecule has 110 valence electrons. The first kappa shape index (κ1) is 14.1. The van der Waals surface area contributed by atoms with Crippen LogP contribution in [0.4, 0.5) is 4.39 Å². The summed E-state index contributed by atoms with van der Waals surface area (Å²) in [4.78, 5) is 12.3. The van der Waals surface area contributed by atoms with E-state index in [1.807, 2.05) is 30.5 Å². The molecule has 0 amide bonds. The molecule has 0 saturated carbocycles. The van der Waals surface area contributed by atoms with Gasteiger partial charge in [-0.05, 0) is 55.5 Å². The summed E-state index contributed by atoms with van der Waals surface area (Å²) in [5.41, 5.74) is 4.43. The Morgan fingerprint density at radius 2 is 1.81 bits per heavy atom. The van der Waals surface area contributed by atoms with Crippen LogP contribution in [-0.4, -0.2) is 10.4 Å². The minimum absolute atomic E-state index is 0.0466. The van der Waals surface area contributed by atoms with Gasteiger partial charge in [0.05, 0.1) is 0 Å². The molecule has 1 heterocycles. The number of nitrogens with zero attached hydrogens (tertiary/aromatic N) is 1. The van der Waals surface area contributed by atoms with Gasteiger partial charge in [-0.3, -0.25) is 4.79 Å². The van der Waals surface area contributed by atoms with E-state index in [1.54, 1.807) is 0 Å². The molecular weight excluding hydrogens is 265 g/mol. The van der Waals surface area contributed by atoms with Crippen molar-refractivity contribution >= 4 is 5.78 Å². The standard InChI is InChI=1S/C18H20FNO/c1-11-5-13(19)8-14(6-11)20-12(2)7-15-16(20)9-18(3,4)10-17(15)21/h5-8H,9-10H2,1-4H3. The lowest BCUT2D eigenvalue weighted by atomic mass is 9.76. The monoisotopic (exact) mass is 285 g/mol. The van der Waals surface area contributed by atoms with Gasteiger partial charge in [-0.25, -0.2) is 4.39 Å². The first-order chi connectivity index (χ1) is 9.77. The molecule has 21 heavy (non-hydrogen) atoms. The highest BCUT2D eigenvalue weighted by atomic mass is 19.1. The number of aromatic nitrogens is 1. The highest BCUT2D eigenvalue weighted by Crippen LogP contribution is 2.37. The van der Waals surface area contributed by atoms with E-state index in [0.717, 1.165) is 34.6 Å². The summed E-state index contributed by atoms with van der Waals surface area (Å²) in [6, 6.07) is 6.95. The Balaban J connectivity index is 2.23. The van der Waals surface area contributed by atoms with E-state index < -0.39 is 0 Å². The summed E-state index contributed by atoms with van der Waals surface area (Å²) in [5, 5.41) is 0. The Kier molecular flexibility index (Phi) is 3.05. The maximum Gasteiger partial charge on any atom is 0.165 e. The van der Waals surface area contributed by atoms with Crippen molar-refractivity contribution < 1.29 is 9.18 Å². The van der Waals surface area contributed by atoms with E-state index in [4.69, 9.17) is 0 Å². The molecule has 3 rings (SSSR count). The molecular formula is C18H20FNO. The first-order valence-electron chi connectivity index (χ1n) is 7.29. The summed E-state index contributed by atoms with van der Waals surface area (Å²) in [5.74, 6) is -0.0514. The predicted molar refractivity (Wildman–Crippen MR) is 81.6 cm³/mol. The summed E-state index contributed by atoms with van der Waals surface area (Å²) in [6.45, 7) is 8.07. The minimum atomic E-state index is -0.242. The van der Waals surface area contributed by atoms with E-state index in [-0.39, 0.29) is 17.0 Å². The maximum absolute atomic E-state index is 13.7. The molecule has 0 N–H and O–H groups in total. The van der Waals surface area contributed by atoms with E-state index in [1.165, 1.54) is 12.1 Å². The average molecular weight is 285 g/mol. The molecule has 2 nitrogen and oxygen atoms in total. The molecule has 0 atom stereocenters. The molecule has 0 aliphatic heterocycles. The second kappa shape index (κ2) is 4.55. The highest BCUT2D eigenvalue weighted by Gasteiger charge is 2.34. The number of hydrogen-bond donors (Lipinski definition) is 0. The van der Waals surface area contributed by atoms with Crippen molar-refractivity contribution in [2.45, 2.75) is 40.5 Å². The molecule has 3 heteroatoms. The van der Waals surface area contributed by atoms with Gasteiger partial charge >= 0.3 is 0 Å². The Morgan fingerprint density at radius 3 is 2.48 bits per heavy atom. The second-order valence-electron chi connectivity index (χ2n) is 6.91. The van der Waals surface area contributed by atoms with Crippen LogP contribution in [0.2, 0.25) is 0 Å². The van der Waals surface area contributed by atoms with Gasteiger partial charge in [-0.2, -0.15) is 0 Å². The number of halogens is 1. The van der Waals surface area contributed by atoms with E-state index in [9.17, 15) is 9.18 Å². The third-order valence-corrected chi connectivity index (χ3v) is 4.16. The largest absolute Gasteiger partial charge is 0.317 e. The lowest BCUT2D eigenvalue weighted by Gasteiger charge is -2.30. The van der Waals surface area contributed by atoms with Gasteiger partial charge in [0.2, 0.25) is 0 Å². The number of rotatable bonds is 1. The van der Waals surface area contributed by atoms with Gasteiger partial charge in [-0.1, -0.05) is 13.8 Å². The van der Waals surface area contributed by atoms with Crippen molar-refractivity contribution in [1.82, 2.24) is 4.57 Å². The maximum atomic E-state index is 13.7. The molecule has 0 fully saturated rings. The third-order valence-electron chi connectivity index (χ3n) is 4.16. The fourth-order valence-electron chi connectivity index (χ4n) is 3.36. The fraction of sp³-hybridized carbons (Fsp3) is 0.389. The average Bonchev–Trinajstić information content (AvgIpc) is 2.63. The Morgan fingerprint density at radius 1 is 1.10 bits per heavy atom. The lowest BCUT2D eigenvalue weighted by molar-refractivity contribution is 0.0911. The van der Waals surface area contributed by atoms with Crippen molar-refractivity contribution in [3.05, 3.63) is 52.6 Å². The van der Waals surface area contributed by atoms with Gasteiger partial charge in [0.25, 0.3) is 0 Å². The summed E-state index contributed by atoms with van der Waals surface area (Å²) < 4.78 is 15.8. The lowest BCUT2D eigenvalue weighted by Crippen LogP contribution is -2.27. The quantitative estimate of drug-likeness (QED) is 0.761. The van der Waals surface area contributed by atoms with Crippen LogP contribution < -0.4 is 0 Å². The van der Waals surface area contributed by atoms with Gasteiger partial charge in [0, 0.05) is 29.1 Å². The van der Waals surface area contributed by atoms with Crippen molar-refractivity contribution in [2.75, 3.05) is 0 Å². The number of aryl methyl sites for hydroxylation is 2. The molecule has 1 aromatic heterocycles. The molecule has 1 aliphatic rings. The third kappa shape index (κ3) is 2.41. The number of fused-ring (bicyclic) bond motifs is 1. The van der Waals surface area contributed by atoms with Gasteiger partial charge in [0.1, 0.15) is 5.82 Å². The van der Waals surface area contributed by atoms with Crippen LogP contribution in [0.3, 0.4) is 0 Å². The van der Waals surface area contributed by atoms with Crippen LogP contribution in [0, 0.1) is 25.1 Å². The zero-order valence-corrected chi connectivity index (χ0v) is 13.0. The first-order valence-corrected chi connectivity index (χ1v) is 7.29. The minimum Gasteiger partial charge on any atom is -0.317 e. The molecule has 1 aliphatic carbocycles. The predicted octanol–water partition coefficient (Wildman–Crippen LogP) is 4.39. The number of ketones is 1. The Bertz CT molecular complexity index is 720. The van der Waals surface area contributed by atoms with Crippen molar-refractivity contribution in [3.63, 3.8) is 0 Å². The molecule has 1 aromatic carbocycles. The highest BCUT2D eigenvalue weighted by molar-refractivity contribution is 5.99. The van der Waals surface area contributed by atoms with E-state index in [2.05, 4.69) is 13.8 Å². The van der Waals surface area contributed by atoms with Crippen molar-refractivity contribution in [3.8, 4) is 5.69 Å². The van der Waals surface area contributed by atoms with Crippen LogP contribution in [0.25, 0.3) is 5.69 Å². The fourth-order valence-corrected chi connectivity index (χ4v) is 3.36. The Labute approximate surface area is 124 Å². The van der Waals surface area contributed by atoms with Crippen molar-refractivity contribution in [1.29, 1.82) is 0 Å². The number of carbonyl (C=O) groups is 1. The van der Waals surface area contributed by atoms with E-state index >= 15 is 0 Å². The zero-order chi connectivity index (χ0) is 15.4. The Hall–Kier alpha value is -1.90. The molecule has 0 radical (unpaired) electrons. The van der Waals surface area contributed by atoms with Crippen LogP contribution in [0.15, 0.2) is 24.3 Å². The van der Waals surface area contributed by atoms with Crippen LogP contribution in [0.5, 0.6) is 0 Å². The van der Waals surface area contributed by atoms with Gasteiger partial charge < -0.3 is 4.57 Å². The van der Waals surface area contributed by atoms with Crippen molar-refractivity contribution in [2.24, 2.45) is 5.41 Å². The normalized spacial score (nSPS) is 16.9. The number of carbonyl (C=O) groups excluding carboxylic acids is 1. The van der Waals surface area contributed by atoms with Crippen LogP contribution in [-0.2, 0) is 6.42 Å². The summed E-state index contributed by atoms with van der Waals surface area (Å²) >= 11 is 0. The number of Topliss-reactive ketones (excluding diaryl/α,β-unsaturated/α-hetero) is 1. The van der Waals surface area contributed by atoms with Crippen LogP contribution in [0.1, 0.15) is 47.6 Å². The molecule has 0 bridgehead atoms. The van der Waals surface area contributed by atoms with Gasteiger partial charge in [-0.15, -0.1) is 0 Å². The summed E-state index contributed by atoms with van der Waals surface area (Å²) in [7, 11) is 0. The SMILES string of the molecule is Cc1cc(F)cc(-n2c(C)cc3c2CC(C)(C)CC3=O)c1. The van der Waals surface area contributed by atoms with E-state index in [0.29, 0.717) is 6.42 Å². The molecule has 2 aromatic rings. The topological polar surface area (TPSA) is 22.0 Å². The number of hydrogen-bond acceptors (Lipinski definition) is 1. The molecule has 0 saturated heterocycles. The summed E-state index contributed by atoms with van der Waals surface area (Å²) in [6.07, 6.45) is 1.41. The smallest absolute Gasteiger partial charge is 0.165 e.